The second-order valence-corrected chi connectivity index (χ2v) is 8.50. The van der Waals surface area contributed by atoms with Gasteiger partial charge in [-0.2, -0.15) is 0 Å². The van der Waals surface area contributed by atoms with E-state index < -0.39 is 0 Å². The number of carbonyl (C=O) groups is 2. The molecule has 0 bridgehead atoms. The third-order valence-electron chi connectivity index (χ3n) is 5.14. The fourth-order valence-corrected chi connectivity index (χ4v) is 3.40. The van der Waals surface area contributed by atoms with Crippen LogP contribution in [0.15, 0.2) is 0 Å². The van der Waals surface area contributed by atoms with Gasteiger partial charge in [-0.25, -0.2) is 0 Å². The van der Waals surface area contributed by atoms with Gasteiger partial charge in [-0.3, -0.25) is 9.59 Å². The molecule has 31 heavy (non-hydrogen) atoms. The highest BCUT2D eigenvalue weighted by molar-refractivity contribution is 6.17. The van der Waals surface area contributed by atoms with Gasteiger partial charge in [0.15, 0.2) is 6.61 Å². The molecule has 0 aromatic carbocycles. The van der Waals surface area contributed by atoms with E-state index in [9.17, 15) is 9.59 Å². The monoisotopic (exact) mass is 456 g/mol. The molecule has 0 spiro atoms. The number of carbonyl (C=O) groups excluding carboxylic acids is 2. The number of esters is 2. The minimum absolute atomic E-state index is 0.144. The van der Waals surface area contributed by atoms with Crippen LogP contribution in [-0.4, -0.2) is 31.0 Å². The summed E-state index contributed by atoms with van der Waals surface area (Å²) in [7, 11) is 0. The Labute approximate surface area is 196 Å². The molecule has 0 aromatic rings. The van der Waals surface area contributed by atoms with Crippen molar-refractivity contribution in [3.8, 4) is 11.8 Å². The standard InChI is InChI=1S/C26H45ClO4/c1-2-3-4-5-6-7-8-9-11-14-17-23-30-25(28)20-19-21-26(29)31-24-18-15-12-10-13-16-22-27/h2-13,15-16,18-24H2,1H3. The lowest BCUT2D eigenvalue weighted by Crippen LogP contribution is -2.09. The molecule has 0 rings (SSSR count). The van der Waals surface area contributed by atoms with E-state index in [1.165, 1.54) is 57.8 Å². The minimum atomic E-state index is -0.300. The van der Waals surface area contributed by atoms with Crippen LogP contribution in [0.25, 0.3) is 0 Å². The summed E-state index contributed by atoms with van der Waals surface area (Å²) in [5.74, 6) is 6.16. The van der Waals surface area contributed by atoms with E-state index in [4.69, 9.17) is 21.1 Å². The second kappa shape index (κ2) is 25.1. The summed E-state index contributed by atoms with van der Waals surface area (Å²) in [6.07, 6.45) is 18.7. The van der Waals surface area contributed by atoms with Crippen molar-refractivity contribution in [1.82, 2.24) is 0 Å². The first kappa shape index (κ1) is 29.8. The topological polar surface area (TPSA) is 52.6 Å². The van der Waals surface area contributed by atoms with Crippen LogP contribution >= 0.6 is 11.6 Å². The average molecular weight is 457 g/mol. The van der Waals surface area contributed by atoms with Crippen LogP contribution in [0.4, 0.5) is 0 Å². The quantitative estimate of drug-likeness (QED) is 0.0783. The zero-order valence-corrected chi connectivity index (χ0v) is 20.6. The van der Waals surface area contributed by atoms with Crippen molar-refractivity contribution < 1.29 is 19.1 Å². The van der Waals surface area contributed by atoms with Gasteiger partial charge in [-0.15, -0.1) is 11.6 Å². The number of rotatable bonds is 21. The maximum Gasteiger partial charge on any atom is 0.306 e. The van der Waals surface area contributed by atoms with Gasteiger partial charge in [0, 0.05) is 25.1 Å². The van der Waals surface area contributed by atoms with Crippen molar-refractivity contribution in [2.45, 2.75) is 122 Å². The van der Waals surface area contributed by atoms with Crippen molar-refractivity contribution in [1.29, 1.82) is 0 Å². The van der Waals surface area contributed by atoms with Crippen LogP contribution < -0.4 is 0 Å². The van der Waals surface area contributed by atoms with Gasteiger partial charge in [0.1, 0.15) is 0 Å². The van der Waals surface area contributed by atoms with Crippen molar-refractivity contribution in [2.75, 3.05) is 19.1 Å². The minimum Gasteiger partial charge on any atom is -0.466 e. The van der Waals surface area contributed by atoms with Crippen LogP contribution in [0.3, 0.4) is 0 Å². The van der Waals surface area contributed by atoms with Crippen molar-refractivity contribution >= 4 is 23.5 Å². The number of unbranched alkanes of at least 4 members (excludes halogenated alkanes) is 13. The van der Waals surface area contributed by atoms with Crippen LogP contribution in [-0.2, 0) is 19.1 Å². The second-order valence-electron chi connectivity index (χ2n) is 8.12. The van der Waals surface area contributed by atoms with Crippen LogP contribution in [0.5, 0.6) is 0 Å². The molecule has 0 fully saturated rings. The van der Waals surface area contributed by atoms with Crippen molar-refractivity contribution in [2.24, 2.45) is 0 Å². The Morgan fingerprint density at radius 1 is 0.645 bits per heavy atom. The zero-order chi connectivity index (χ0) is 22.8. The fourth-order valence-electron chi connectivity index (χ4n) is 3.21. The van der Waals surface area contributed by atoms with E-state index in [1.807, 2.05) is 0 Å². The Hall–Kier alpha value is -1.21. The SMILES string of the molecule is CCCCCCCCCCC#CCOC(=O)CCCC(=O)OCCCCCCCCCl. The molecule has 0 saturated carbocycles. The fraction of sp³-hybridized carbons (Fsp3) is 0.846. The first-order valence-electron chi connectivity index (χ1n) is 12.5. The normalized spacial score (nSPS) is 10.4. The van der Waals surface area contributed by atoms with Crippen LogP contribution in [0, 0.1) is 11.8 Å². The molecular weight excluding hydrogens is 412 g/mol. The van der Waals surface area contributed by atoms with Gasteiger partial charge >= 0.3 is 11.9 Å². The van der Waals surface area contributed by atoms with Gasteiger partial charge in [0.25, 0.3) is 0 Å². The number of alkyl halides is 1. The summed E-state index contributed by atoms with van der Waals surface area (Å²) in [5.41, 5.74) is 0. The highest BCUT2D eigenvalue weighted by atomic mass is 35.5. The molecular formula is C26H45ClO4. The Morgan fingerprint density at radius 3 is 1.84 bits per heavy atom. The highest BCUT2D eigenvalue weighted by Gasteiger charge is 2.06. The molecule has 0 N–H and O–H groups in total. The Balaban J connectivity index is 3.40. The molecule has 0 amide bonds. The number of halogens is 1. The van der Waals surface area contributed by atoms with E-state index in [0.717, 1.165) is 44.4 Å². The largest absolute Gasteiger partial charge is 0.466 e. The molecule has 0 atom stereocenters. The number of hydrogen-bond donors (Lipinski definition) is 0. The lowest BCUT2D eigenvalue weighted by Gasteiger charge is -2.05. The Morgan fingerprint density at radius 2 is 1.19 bits per heavy atom. The average Bonchev–Trinajstić information content (AvgIpc) is 2.76. The molecule has 0 aromatic heterocycles. The summed E-state index contributed by atoms with van der Waals surface area (Å²) in [6.45, 7) is 2.85. The summed E-state index contributed by atoms with van der Waals surface area (Å²) < 4.78 is 10.3. The maximum atomic E-state index is 11.7. The van der Waals surface area contributed by atoms with E-state index in [2.05, 4.69) is 18.8 Å². The number of ether oxygens (including phenoxy) is 2. The predicted octanol–water partition coefficient (Wildman–Crippen LogP) is 7.36. The first-order valence-corrected chi connectivity index (χ1v) is 13.1. The summed E-state index contributed by atoms with van der Waals surface area (Å²) in [6, 6.07) is 0. The molecule has 0 radical (unpaired) electrons. The smallest absolute Gasteiger partial charge is 0.306 e. The number of hydrogen-bond acceptors (Lipinski definition) is 4. The molecule has 5 heteroatoms. The molecule has 4 nitrogen and oxygen atoms in total. The predicted molar refractivity (Wildman–Crippen MR) is 129 cm³/mol. The molecule has 0 saturated heterocycles. The van der Waals surface area contributed by atoms with Crippen molar-refractivity contribution in [3.63, 3.8) is 0 Å². The maximum absolute atomic E-state index is 11.7. The van der Waals surface area contributed by atoms with Crippen LogP contribution in [0.1, 0.15) is 122 Å². The molecule has 0 aliphatic carbocycles. The van der Waals surface area contributed by atoms with E-state index >= 15 is 0 Å². The van der Waals surface area contributed by atoms with Gasteiger partial charge in [-0.05, 0) is 25.7 Å². The van der Waals surface area contributed by atoms with Crippen molar-refractivity contribution in [3.05, 3.63) is 0 Å². The summed E-state index contributed by atoms with van der Waals surface area (Å²) in [4.78, 5) is 23.3. The third-order valence-corrected chi connectivity index (χ3v) is 5.41. The molecule has 0 aliphatic rings. The molecule has 0 unspecified atom stereocenters. The summed E-state index contributed by atoms with van der Waals surface area (Å²) in [5, 5.41) is 0. The molecule has 0 aliphatic heterocycles. The Bertz CT molecular complexity index is 482. The molecule has 180 valence electrons. The van der Waals surface area contributed by atoms with E-state index in [-0.39, 0.29) is 31.4 Å². The van der Waals surface area contributed by atoms with Gasteiger partial charge in [-0.1, -0.05) is 89.4 Å². The van der Waals surface area contributed by atoms with Gasteiger partial charge in [0.2, 0.25) is 0 Å². The third kappa shape index (κ3) is 24.9. The van der Waals surface area contributed by atoms with Crippen LogP contribution in [0.2, 0.25) is 0 Å². The highest BCUT2D eigenvalue weighted by Crippen LogP contribution is 2.09. The summed E-state index contributed by atoms with van der Waals surface area (Å²) >= 11 is 5.64. The first-order chi connectivity index (χ1) is 15.2. The lowest BCUT2D eigenvalue weighted by molar-refractivity contribution is -0.145. The van der Waals surface area contributed by atoms with E-state index in [0.29, 0.717) is 13.0 Å². The molecule has 0 heterocycles. The lowest BCUT2D eigenvalue weighted by atomic mass is 10.1. The van der Waals surface area contributed by atoms with Gasteiger partial charge < -0.3 is 9.47 Å². The van der Waals surface area contributed by atoms with E-state index in [1.54, 1.807) is 0 Å². The van der Waals surface area contributed by atoms with Gasteiger partial charge in [0.05, 0.1) is 6.61 Å². The Kier molecular flexibility index (Phi) is 24.1. The zero-order valence-electron chi connectivity index (χ0n) is 19.9.